The molecule has 2 aromatic heterocycles. The minimum atomic E-state index is -0.127. The van der Waals surface area contributed by atoms with Crippen LogP contribution >= 0.6 is 22.6 Å². The lowest BCUT2D eigenvalue weighted by molar-refractivity contribution is 0.525. The van der Waals surface area contributed by atoms with E-state index in [0.29, 0.717) is 20.8 Å². The van der Waals surface area contributed by atoms with Crippen LogP contribution in [-0.2, 0) is 6.42 Å². The predicted octanol–water partition coefficient (Wildman–Crippen LogP) is 2.51. The maximum absolute atomic E-state index is 11.6. The Morgan fingerprint density at radius 3 is 2.81 bits per heavy atom. The number of aryl methyl sites for hydroxylation is 2. The van der Waals surface area contributed by atoms with Gasteiger partial charge in [0.1, 0.15) is 5.76 Å². The molecule has 5 heteroatoms. The zero-order valence-corrected chi connectivity index (χ0v) is 11.2. The van der Waals surface area contributed by atoms with Crippen molar-refractivity contribution in [3.05, 3.63) is 37.5 Å². The summed E-state index contributed by atoms with van der Waals surface area (Å²) in [7, 11) is 0. The highest BCUT2D eigenvalue weighted by Crippen LogP contribution is 2.18. The monoisotopic (exact) mass is 330 g/mol. The molecule has 1 N–H and O–H groups in total. The third-order valence-electron chi connectivity index (χ3n) is 2.27. The second-order valence-corrected chi connectivity index (χ2v) is 4.51. The molecule has 2 heterocycles. The van der Waals surface area contributed by atoms with E-state index in [0.717, 1.165) is 12.2 Å². The van der Waals surface area contributed by atoms with Crippen LogP contribution in [-0.4, -0.2) is 9.97 Å². The first-order chi connectivity index (χ1) is 7.61. The lowest BCUT2D eigenvalue weighted by atomic mass is 10.3. The molecule has 84 valence electrons. The Kier molecular flexibility index (Phi) is 3.13. The molecule has 0 aliphatic heterocycles. The summed E-state index contributed by atoms with van der Waals surface area (Å²) in [5.41, 5.74) is 0.589. The fourth-order valence-corrected chi connectivity index (χ4v) is 1.64. The fourth-order valence-electron chi connectivity index (χ4n) is 1.38. The molecule has 2 aromatic rings. The van der Waals surface area contributed by atoms with E-state index in [9.17, 15) is 4.79 Å². The summed E-state index contributed by atoms with van der Waals surface area (Å²) < 4.78 is 6.15. The van der Waals surface area contributed by atoms with Gasteiger partial charge in [0, 0.05) is 6.42 Å². The number of hydrogen-bond acceptors (Lipinski definition) is 3. The van der Waals surface area contributed by atoms with Crippen LogP contribution < -0.4 is 5.56 Å². The van der Waals surface area contributed by atoms with Crippen molar-refractivity contribution in [2.45, 2.75) is 20.3 Å². The number of nitrogens with zero attached hydrogens (tertiary/aromatic N) is 1. The van der Waals surface area contributed by atoms with Crippen molar-refractivity contribution in [1.29, 1.82) is 0 Å². The van der Waals surface area contributed by atoms with Gasteiger partial charge in [0.15, 0.2) is 11.6 Å². The van der Waals surface area contributed by atoms with Crippen LogP contribution in [0.5, 0.6) is 0 Å². The minimum Gasteiger partial charge on any atom is -0.458 e. The van der Waals surface area contributed by atoms with Crippen LogP contribution in [0.25, 0.3) is 11.6 Å². The Labute approximate surface area is 106 Å². The van der Waals surface area contributed by atoms with Gasteiger partial charge in [-0.1, -0.05) is 6.92 Å². The van der Waals surface area contributed by atoms with E-state index in [1.165, 1.54) is 0 Å². The Balaban J connectivity index is 2.52. The normalized spacial score (nSPS) is 10.7. The number of rotatable bonds is 2. The first-order valence-corrected chi connectivity index (χ1v) is 6.05. The van der Waals surface area contributed by atoms with Crippen molar-refractivity contribution < 1.29 is 4.42 Å². The Bertz CT molecular complexity index is 572. The van der Waals surface area contributed by atoms with Crippen LogP contribution in [0.3, 0.4) is 0 Å². The van der Waals surface area contributed by atoms with Gasteiger partial charge < -0.3 is 9.40 Å². The summed E-state index contributed by atoms with van der Waals surface area (Å²) in [5.74, 6) is 1.98. The van der Waals surface area contributed by atoms with E-state index in [-0.39, 0.29) is 5.56 Å². The van der Waals surface area contributed by atoms with Crippen molar-refractivity contribution in [2.75, 3.05) is 0 Å². The molecule has 0 amide bonds. The van der Waals surface area contributed by atoms with Crippen LogP contribution in [0.4, 0.5) is 0 Å². The van der Waals surface area contributed by atoms with E-state index < -0.39 is 0 Å². The van der Waals surface area contributed by atoms with Gasteiger partial charge in [0.05, 0.1) is 9.26 Å². The van der Waals surface area contributed by atoms with Crippen LogP contribution in [0, 0.1) is 10.5 Å². The molecule has 0 fully saturated rings. The molecule has 0 saturated carbocycles. The lowest BCUT2D eigenvalue weighted by Gasteiger charge is -2.00. The van der Waals surface area contributed by atoms with Gasteiger partial charge in [0.2, 0.25) is 0 Å². The quantitative estimate of drug-likeness (QED) is 0.861. The van der Waals surface area contributed by atoms with Gasteiger partial charge in [-0.2, -0.15) is 0 Å². The number of H-pyrrole nitrogens is 1. The average molecular weight is 330 g/mol. The summed E-state index contributed by atoms with van der Waals surface area (Å²) >= 11 is 1.98. The number of aromatic amines is 1. The number of furan rings is 1. The molecule has 16 heavy (non-hydrogen) atoms. The molecule has 0 aromatic carbocycles. The maximum atomic E-state index is 11.6. The predicted molar refractivity (Wildman–Crippen MR) is 69.4 cm³/mol. The highest BCUT2D eigenvalue weighted by atomic mass is 127. The van der Waals surface area contributed by atoms with E-state index in [1.807, 2.05) is 48.6 Å². The van der Waals surface area contributed by atoms with E-state index >= 15 is 0 Å². The number of halogens is 1. The van der Waals surface area contributed by atoms with Crippen molar-refractivity contribution in [1.82, 2.24) is 9.97 Å². The highest BCUT2D eigenvalue weighted by Gasteiger charge is 2.09. The van der Waals surface area contributed by atoms with E-state index in [1.54, 1.807) is 0 Å². The highest BCUT2D eigenvalue weighted by molar-refractivity contribution is 14.1. The van der Waals surface area contributed by atoms with Crippen LogP contribution in [0.2, 0.25) is 0 Å². The second-order valence-electron chi connectivity index (χ2n) is 3.43. The van der Waals surface area contributed by atoms with Crippen LogP contribution in [0.15, 0.2) is 21.3 Å². The number of hydrogen-bond donors (Lipinski definition) is 1. The molecule has 2 rings (SSSR count). The van der Waals surface area contributed by atoms with Crippen LogP contribution in [0.1, 0.15) is 18.4 Å². The van der Waals surface area contributed by atoms with Gasteiger partial charge >= 0.3 is 0 Å². The molecule has 4 nitrogen and oxygen atoms in total. The van der Waals surface area contributed by atoms with Gasteiger partial charge in [-0.05, 0) is 41.6 Å². The van der Waals surface area contributed by atoms with Gasteiger partial charge in [-0.15, -0.1) is 0 Å². The topological polar surface area (TPSA) is 58.9 Å². The Morgan fingerprint density at radius 1 is 1.50 bits per heavy atom. The number of nitrogens with one attached hydrogen (secondary N) is 1. The first kappa shape index (κ1) is 11.4. The standard InChI is InChI=1S/C11H11IN2O2/c1-3-7-4-5-8(16-7)10-13-6(2)9(12)11(15)14-10/h4-5H,3H2,1-2H3,(H,13,14,15). The van der Waals surface area contributed by atoms with Gasteiger partial charge in [-0.3, -0.25) is 4.79 Å². The lowest BCUT2D eigenvalue weighted by Crippen LogP contribution is -2.14. The third kappa shape index (κ3) is 2.04. The van der Waals surface area contributed by atoms with Crippen molar-refractivity contribution in [3.8, 4) is 11.6 Å². The molecule has 0 unspecified atom stereocenters. The molecule has 0 radical (unpaired) electrons. The SMILES string of the molecule is CCc1ccc(-c2nc(C)c(I)c(=O)[nH]2)o1. The molecule has 0 spiro atoms. The summed E-state index contributed by atoms with van der Waals surface area (Å²) in [6.07, 6.45) is 0.827. The second kappa shape index (κ2) is 4.40. The smallest absolute Gasteiger partial charge is 0.264 e. The summed E-state index contributed by atoms with van der Waals surface area (Å²) in [6, 6.07) is 3.71. The van der Waals surface area contributed by atoms with E-state index in [4.69, 9.17) is 4.42 Å². The van der Waals surface area contributed by atoms with Crippen molar-refractivity contribution in [3.63, 3.8) is 0 Å². The zero-order chi connectivity index (χ0) is 11.7. The molecular weight excluding hydrogens is 319 g/mol. The molecule has 0 atom stereocenters. The molecule has 0 aliphatic rings. The summed E-state index contributed by atoms with van der Waals surface area (Å²) in [6.45, 7) is 3.82. The molecule has 0 saturated heterocycles. The molecular formula is C11H11IN2O2. The fraction of sp³-hybridized carbons (Fsp3) is 0.273. The maximum Gasteiger partial charge on any atom is 0.264 e. The van der Waals surface area contributed by atoms with E-state index in [2.05, 4.69) is 9.97 Å². The van der Waals surface area contributed by atoms with Gasteiger partial charge in [-0.25, -0.2) is 4.98 Å². The van der Waals surface area contributed by atoms with Crippen molar-refractivity contribution >= 4 is 22.6 Å². The molecule has 0 aliphatic carbocycles. The van der Waals surface area contributed by atoms with Crippen molar-refractivity contribution in [2.24, 2.45) is 0 Å². The zero-order valence-electron chi connectivity index (χ0n) is 9.00. The Morgan fingerprint density at radius 2 is 2.25 bits per heavy atom. The average Bonchev–Trinajstić information content (AvgIpc) is 2.73. The largest absolute Gasteiger partial charge is 0.458 e. The summed E-state index contributed by atoms with van der Waals surface area (Å²) in [4.78, 5) is 18.6. The van der Waals surface area contributed by atoms with Gasteiger partial charge in [0.25, 0.3) is 5.56 Å². The summed E-state index contributed by atoms with van der Waals surface area (Å²) in [5, 5.41) is 0. The number of aromatic nitrogens is 2. The third-order valence-corrected chi connectivity index (χ3v) is 3.54. The first-order valence-electron chi connectivity index (χ1n) is 4.97. The minimum absolute atomic E-state index is 0.127. The Hall–Kier alpha value is -1.11. The molecule has 0 bridgehead atoms.